The third-order valence-corrected chi connectivity index (χ3v) is 6.21. The van der Waals surface area contributed by atoms with Gasteiger partial charge in [0.05, 0.1) is 6.61 Å². The highest BCUT2D eigenvalue weighted by atomic mass is 16.7. The van der Waals surface area contributed by atoms with Crippen molar-refractivity contribution in [2.24, 2.45) is 11.8 Å². The molecule has 0 aliphatic heterocycles. The van der Waals surface area contributed by atoms with E-state index in [1.54, 1.807) is 0 Å². The first kappa shape index (κ1) is 24.1. The van der Waals surface area contributed by atoms with Gasteiger partial charge in [-0.15, -0.1) is 0 Å². The van der Waals surface area contributed by atoms with Gasteiger partial charge in [-0.1, -0.05) is 82.6 Å². The number of rotatable bonds is 12. The van der Waals surface area contributed by atoms with Gasteiger partial charge in [-0.05, 0) is 60.2 Å². The van der Waals surface area contributed by atoms with Crippen molar-refractivity contribution in [3.63, 3.8) is 0 Å². The first-order valence-electron chi connectivity index (χ1n) is 12.0. The zero-order valence-electron chi connectivity index (χ0n) is 20.2. The van der Waals surface area contributed by atoms with E-state index in [-0.39, 0.29) is 6.29 Å². The predicted molar refractivity (Wildman–Crippen MR) is 134 cm³/mol. The van der Waals surface area contributed by atoms with Crippen molar-refractivity contribution in [1.29, 1.82) is 0 Å². The molecular formula is C29H38O3. The maximum Gasteiger partial charge on any atom is 0.197 e. The zero-order chi connectivity index (χ0) is 22.9. The fraction of sp³-hybridized carbons (Fsp3) is 0.448. The lowest BCUT2D eigenvalue weighted by Crippen LogP contribution is -2.20. The summed E-state index contributed by atoms with van der Waals surface area (Å²) in [6, 6.07) is 22.9. The lowest BCUT2D eigenvalue weighted by atomic mass is 9.81. The molecule has 172 valence electrons. The second kappa shape index (κ2) is 11.9. The average Bonchev–Trinajstić information content (AvgIpc) is 2.80. The first-order valence-corrected chi connectivity index (χ1v) is 12.0. The van der Waals surface area contributed by atoms with Crippen LogP contribution in [0.1, 0.15) is 58.9 Å². The van der Waals surface area contributed by atoms with Crippen LogP contribution >= 0.6 is 0 Å². The summed E-state index contributed by atoms with van der Waals surface area (Å²) in [4.78, 5) is 0. The summed E-state index contributed by atoms with van der Waals surface area (Å²) in [5, 5.41) is 2.29. The van der Waals surface area contributed by atoms with Gasteiger partial charge in [0.25, 0.3) is 0 Å². The molecule has 3 aromatic rings. The molecule has 0 aromatic heterocycles. The van der Waals surface area contributed by atoms with Crippen LogP contribution in [0.25, 0.3) is 10.8 Å². The summed E-state index contributed by atoms with van der Waals surface area (Å²) in [6.45, 7) is 12.1. The van der Waals surface area contributed by atoms with E-state index < -0.39 is 0 Å². The first-order chi connectivity index (χ1) is 15.5. The van der Waals surface area contributed by atoms with Gasteiger partial charge in [-0.2, -0.15) is 0 Å². The van der Waals surface area contributed by atoms with Crippen LogP contribution in [0.5, 0.6) is 11.5 Å². The van der Waals surface area contributed by atoms with Gasteiger partial charge < -0.3 is 14.2 Å². The monoisotopic (exact) mass is 434 g/mol. The molecule has 0 amide bonds. The standard InChI is InChI=1S/C29H38O3/c1-6-22(4)20-28(21(2)3)25-14-16-26(17-15-25)32-23(5)30-18-19-31-29-13-9-11-24-10-7-8-12-27(24)29/h7-17,21-23,28H,6,18-20H2,1-5H3. The number of ether oxygens (including phenoxy) is 3. The number of hydrogen-bond donors (Lipinski definition) is 0. The van der Waals surface area contributed by atoms with E-state index in [1.165, 1.54) is 23.8 Å². The van der Waals surface area contributed by atoms with Crippen LogP contribution < -0.4 is 9.47 Å². The molecule has 3 rings (SSSR count). The highest BCUT2D eigenvalue weighted by Crippen LogP contribution is 2.33. The second-order valence-electron chi connectivity index (χ2n) is 9.05. The van der Waals surface area contributed by atoms with E-state index in [2.05, 4.69) is 70.2 Å². The van der Waals surface area contributed by atoms with Crippen LogP contribution in [0, 0.1) is 11.8 Å². The Hall–Kier alpha value is -2.52. The maximum atomic E-state index is 5.96. The Morgan fingerprint density at radius 1 is 0.781 bits per heavy atom. The summed E-state index contributed by atoms with van der Waals surface area (Å²) in [7, 11) is 0. The molecule has 3 nitrogen and oxygen atoms in total. The predicted octanol–water partition coefficient (Wildman–Crippen LogP) is 7.84. The van der Waals surface area contributed by atoms with Crippen molar-refractivity contribution >= 4 is 10.8 Å². The Morgan fingerprint density at radius 3 is 2.22 bits per heavy atom. The minimum absolute atomic E-state index is 0.335. The molecule has 32 heavy (non-hydrogen) atoms. The molecule has 0 saturated heterocycles. The molecule has 0 radical (unpaired) electrons. The van der Waals surface area contributed by atoms with Gasteiger partial charge in [0.2, 0.25) is 0 Å². The van der Waals surface area contributed by atoms with Crippen LogP contribution in [-0.2, 0) is 4.74 Å². The fourth-order valence-electron chi connectivity index (χ4n) is 4.10. The van der Waals surface area contributed by atoms with Crippen LogP contribution in [0.3, 0.4) is 0 Å². The van der Waals surface area contributed by atoms with E-state index >= 15 is 0 Å². The third kappa shape index (κ3) is 6.74. The van der Waals surface area contributed by atoms with Gasteiger partial charge in [0.15, 0.2) is 6.29 Å². The van der Waals surface area contributed by atoms with Crippen LogP contribution in [0.2, 0.25) is 0 Å². The highest BCUT2D eigenvalue weighted by molar-refractivity contribution is 5.88. The molecule has 0 aliphatic rings. The molecule has 0 N–H and O–H groups in total. The van der Waals surface area contributed by atoms with Gasteiger partial charge >= 0.3 is 0 Å². The van der Waals surface area contributed by atoms with Crippen molar-refractivity contribution in [1.82, 2.24) is 0 Å². The summed E-state index contributed by atoms with van der Waals surface area (Å²) >= 11 is 0. The summed E-state index contributed by atoms with van der Waals surface area (Å²) in [6.07, 6.45) is 2.12. The highest BCUT2D eigenvalue weighted by Gasteiger charge is 2.18. The molecule has 3 aromatic carbocycles. The van der Waals surface area contributed by atoms with Crippen molar-refractivity contribution in [2.75, 3.05) is 13.2 Å². The van der Waals surface area contributed by atoms with Crippen molar-refractivity contribution in [3.8, 4) is 11.5 Å². The van der Waals surface area contributed by atoms with Gasteiger partial charge in [0.1, 0.15) is 18.1 Å². The van der Waals surface area contributed by atoms with E-state index in [0.717, 1.165) is 22.8 Å². The minimum atomic E-state index is -0.335. The Balaban J connectivity index is 1.47. The molecule has 0 spiro atoms. The number of fused-ring (bicyclic) bond motifs is 1. The zero-order valence-corrected chi connectivity index (χ0v) is 20.2. The Labute approximate surface area is 193 Å². The molecule has 0 aliphatic carbocycles. The summed E-state index contributed by atoms with van der Waals surface area (Å²) < 4.78 is 17.7. The van der Waals surface area contributed by atoms with Gasteiger partial charge in [0, 0.05) is 5.39 Å². The SMILES string of the molecule is CCC(C)CC(c1ccc(OC(C)OCCOc2cccc3ccccc23)cc1)C(C)C. The average molecular weight is 435 g/mol. The lowest BCUT2D eigenvalue weighted by molar-refractivity contribution is -0.0738. The number of benzene rings is 3. The molecule has 0 saturated carbocycles. The van der Waals surface area contributed by atoms with Crippen molar-refractivity contribution in [2.45, 2.75) is 59.7 Å². The summed E-state index contributed by atoms with van der Waals surface area (Å²) in [5.74, 6) is 3.66. The van der Waals surface area contributed by atoms with E-state index in [0.29, 0.717) is 25.0 Å². The molecule has 0 heterocycles. The largest absolute Gasteiger partial charge is 0.491 e. The molecule has 3 unspecified atom stereocenters. The molecular weight excluding hydrogens is 396 g/mol. The van der Waals surface area contributed by atoms with Crippen molar-refractivity contribution in [3.05, 3.63) is 72.3 Å². The molecule has 3 atom stereocenters. The van der Waals surface area contributed by atoms with Crippen LogP contribution in [0.15, 0.2) is 66.7 Å². The van der Waals surface area contributed by atoms with E-state index in [1.807, 2.05) is 31.2 Å². The van der Waals surface area contributed by atoms with Gasteiger partial charge in [-0.25, -0.2) is 0 Å². The fourth-order valence-corrected chi connectivity index (χ4v) is 4.10. The lowest BCUT2D eigenvalue weighted by Gasteiger charge is -2.25. The van der Waals surface area contributed by atoms with Crippen LogP contribution in [0.4, 0.5) is 0 Å². The third-order valence-electron chi connectivity index (χ3n) is 6.21. The van der Waals surface area contributed by atoms with Crippen molar-refractivity contribution < 1.29 is 14.2 Å². The molecule has 0 fully saturated rings. The Kier molecular flexibility index (Phi) is 8.99. The molecule has 3 heteroatoms. The maximum absolute atomic E-state index is 5.96. The topological polar surface area (TPSA) is 27.7 Å². The second-order valence-corrected chi connectivity index (χ2v) is 9.05. The van der Waals surface area contributed by atoms with E-state index in [4.69, 9.17) is 14.2 Å². The summed E-state index contributed by atoms with van der Waals surface area (Å²) in [5.41, 5.74) is 1.39. The molecule has 0 bridgehead atoms. The minimum Gasteiger partial charge on any atom is -0.491 e. The Morgan fingerprint density at radius 2 is 1.50 bits per heavy atom. The van der Waals surface area contributed by atoms with Gasteiger partial charge in [-0.3, -0.25) is 0 Å². The van der Waals surface area contributed by atoms with E-state index in [9.17, 15) is 0 Å². The van der Waals surface area contributed by atoms with Crippen LogP contribution in [-0.4, -0.2) is 19.5 Å². The number of hydrogen-bond acceptors (Lipinski definition) is 3. The Bertz CT molecular complexity index is 943. The normalized spacial score (nSPS) is 14.3. The quantitative estimate of drug-likeness (QED) is 0.215. The smallest absolute Gasteiger partial charge is 0.197 e.